The molecule has 0 aliphatic carbocycles. The number of urea groups is 1. The van der Waals surface area contributed by atoms with Crippen LogP contribution in [0.15, 0.2) is 48.5 Å². The molecule has 0 heterocycles. The molecule has 2 N–H and O–H groups in total. The summed E-state index contributed by atoms with van der Waals surface area (Å²) >= 11 is 5.78. The molecule has 2 amide bonds. The molecule has 23 heavy (non-hydrogen) atoms. The zero-order valence-electron chi connectivity index (χ0n) is 12.8. The van der Waals surface area contributed by atoms with Gasteiger partial charge in [-0.05, 0) is 48.4 Å². The van der Waals surface area contributed by atoms with Crippen LogP contribution in [0.1, 0.15) is 5.56 Å². The van der Waals surface area contributed by atoms with Gasteiger partial charge in [0.1, 0.15) is 11.5 Å². The summed E-state index contributed by atoms with van der Waals surface area (Å²) < 4.78 is 10.5. The van der Waals surface area contributed by atoms with Gasteiger partial charge < -0.3 is 20.1 Å². The minimum Gasteiger partial charge on any atom is -0.497 e. The number of amides is 2. The van der Waals surface area contributed by atoms with Crippen LogP contribution in [-0.4, -0.2) is 26.4 Å². The Morgan fingerprint density at radius 1 is 1.09 bits per heavy atom. The van der Waals surface area contributed by atoms with Crippen LogP contribution in [0.25, 0.3) is 0 Å². The van der Waals surface area contributed by atoms with Crippen LogP contribution in [0.4, 0.5) is 4.79 Å². The Kier molecular flexibility index (Phi) is 6.56. The number of ether oxygens (including phenoxy) is 2. The minimum absolute atomic E-state index is 0.0899. The van der Waals surface area contributed by atoms with Crippen molar-refractivity contribution in [3.8, 4) is 11.5 Å². The van der Waals surface area contributed by atoms with Gasteiger partial charge in [0.15, 0.2) is 6.73 Å². The molecule has 5 nitrogen and oxygen atoms in total. The van der Waals surface area contributed by atoms with Gasteiger partial charge in [-0.15, -0.1) is 0 Å². The zero-order chi connectivity index (χ0) is 16.5. The third-order valence-electron chi connectivity index (χ3n) is 3.12. The second-order valence-corrected chi connectivity index (χ2v) is 5.21. The largest absolute Gasteiger partial charge is 0.497 e. The van der Waals surface area contributed by atoms with E-state index in [9.17, 15) is 4.79 Å². The lowest BCUT2D eigenvalue weighted by Crippen LogP contribution is -2.38. The fourth-order valence-corrected chi connectivity index (χ4v) is 2.05. The van der Waals surface area contributed by atoms with E-state index >= 15 is 0 Å². The Bertz CT molecular complexity index is 632. The lowest BCUT2D eigenvalue weighted by Gasteiger charge is -2.10. The van der Waals surface area contributed by atoms with Gasteiger partial charge in [0.2, 0.25) is 0 Å². The Labute approximate surface area is 140 Å². The Hall–Kier alpha value is -2.40. The molecule has 2 aromatic rings. The number of carbonyl (C=O) groups excluding carboxylic acids is 1. The van der Waals surface area contributed by atoms with E-state index in [-0.39, 0.29) is 12.8 Å². The van der Waals surface area contributed by atoms with E-state index in [2.05, 4.69) is 10.6 Å². The van der Waals surface area contributed by atoms with Crippen molar-refractivity contribution in [1.82, 2.24) is 10.6 Å². The second kappa shape index (κ2) is 8.90. The lowest BCUT2D eigenvalue weighted by molar-refractivity contribution is 0.224. The number of hydrogen-bond donors (Lipinski definition) is 2. The SMILES string of the molecule is COc1cccc(CCNC(=O)NCOc2ccc(Cl)cc2)c1. The van der Waals surface area contributed by atoms with Gasteiger partial charge in [-0.2, -0.15) is 0 Å². The average Bonchev–Trinajstić information content (AvgIpc) is 2.57. The summed E-state index contributed by atoms with van der Waals surface area (Å²) in [5, 5.41) is 6.04. The maximum absolute atomic E-state index is 11.7. The molecule has 0 aliphatic heterocycles. The van der Waals surface area contributed by atoms with Crippen LogP contribution in [-0.2, 0) is 6.42 Å². The van der Waals surface area contributed by atoms with Crippen LogP contribution in [0.5, 0.6) is 11.5 Å². The second-order valence-electron chi connectivity index (χ2n) is 4.78. The molecular formula is C17H19ClN2O3. The van der Waals surface area contributed by atoms with Crippen LogP contribution in [0.3, 0.4) is 0 Å². The van der Waals surface area contributed by atoms with Crippen molar-refractivity contribution in [1.29, 1.82) is 0 Å². The average molecular weight is 335 g/mol. The molecule has 0 fully saturated rings. The molecule has 2 aromatic carbocycles. The molecule has 0 saturated carbocycles. The summed E-state index contributed by atoms with van der Waals surface area (Å²) in [4.78, 5) is 11.7. The first-order chi connectivity index (χ1) is 11.2. The molecule has 2 rings (SSSR count). The Morgan fingerprint density at radius 2 is 1.87 bits per heavy atom. The van der Waals surface area contributed by atoms with Crippen molar-refractivity contribution >= 4 is 17.6 Å². The van der Waals surface area contributed by atoms with Crippen molar-refractivity contribution in [2.75, 3.05) is 20.4 Å². The molecule has 0 aromatic heterocycles. The summed E-state index contributed by atoms with van der Waals surface area (Å²) in [6.07, 6.45) is 0.725. The van der Waals surface area contributed by atoms with Crippen molar-refractivity contribution in [2.45, 2.75) is 6.42 Å². The predicted octanol–water partition coefficient (Wildman–Crippen LogP) is 3.23. The molecule has 0 spiro atoms. The van der Waals surface area contributed by atoms with Crippen LogP contribution in [0, 0.1) is 0 Å². The summed E-state index contributed by atoms with van der Waals surface area (Å²) in [7, 11) is 1.63. The quantitative estimate of drug-likeness (QED) is 0.764. The van der Waals surface area contributed by atoms with E-state index in [4.69, 9.17) is 21.1 Å². The number of nitrogens with one attached hydrogen (secondary N) is 2. The third-order valence-corrected chi connectivity index (χ3v) is 3.37. The first kappa shape index (κ1) is 17.0. The molecule has 122 valence electrons. The first-order valence-electron chi connectivity index (χ1n) is 7.20. The normalized spacial score (nSPS) is 10.0. The van der Waals surface area contributed by atoms with Gasteiger partial charge in [-0.1, -0.05) is 23.7 Å². The molecule has 0 atom stereocenters. The monoisotopic (exact) mass is 334 g/mol. The minimum atomic E-state index is -0.276. The van der Waals surface area contributed by atoms with Crippen molar-refractivity contribution in [3.05, 3.63) is 59.1 Å². The molecule has 6 heteroatoms. The predicted molar refractivity (Wildman–Crippen MR) is 90.2 cm³/mol. The fourth-order valence-electron chi connectivity index (χ4n) is 1.93. The van der Waals surface area contributed by atoms with E-state index in [1.54, 1.807) is 31.4 Å². The van der Waals surface area contributed by atoms with Crippen LogP contribution >= 0.6 is 11.6 Å². The number of halogens is 1. The molecule has 0 aliphatic rings. The zero-order valence-corrected chi connectivity index (χ0v) is 13.6. The van der Waals surface area contributed by atoms with Crippen LogP contribution in [0.2, 0.25) is 5.02 Å². The molecular weight excluding hydrogens is 316 g/mol. The maximum Gasteiger partial charge on any atom is 0.317 e. The number of carbonyl (C=O) groups is 1. The maximum atomic E-state index is 11.7. The molecule has 0 saturated heterocycles. The summed E-state index contributed by atoms with van der Waals surface area (Å²) in [6.45, 7) is 0.618. The lowest BCUT2D eigenvalue weighted by atomic mass is 10.1. The van der Waals surface area contributed by atoms with Gasteiger partial charge in [0.05, 0.1) is 7.11 Å². The Morgan fingerprint density at radius 3 is 2.61 bits per heavy atom. The first-order valence-corrected chi connectivity index (χ1v) is 7.58. The van der Waals surface area contributed by atoms with Gasteiger partial charge in [0, 0.05) is 11.6 Å². The highest BCUT2D eigenvalue weighted by molar-refractivity contribution is 6.30. The number of hydrogen-bond acceptors (Lipinski definition) is 3. The third kappa shape index (κ3) is 6.08. The van der Waals surface area contributed by atoms with Gasteiger partial charge in [-0.3, -0.25) is 0 Å². The van der Waals surface area contributed by atoms with E-state index in [1.165, 1.54) is 0 Å². The standard InChI is InChI=1S/C17H19ClN2O3/c1-22-16-4-2-3-13(11-16)9-10-19-17(21)20-12-23-15-7-5-14(18)6-8-15/h2-8,11H,9-10,12H2,1H3,(H2,19,20,21). The van der Waals surface area contributed by atoms with Gasteiger partial charge >= 0.3 is 6.03 Å². The number of rotatable bonds is 7. The van der Waals surface area contributed by atoms with E-state index in [1.807, 2.05) is 24.3 Å². The summed E-state index contributed by atoms with van der Waals surface area (Å²) in [5.41, 5.74) is 1.10. The van der Waals surface area contributed by atoms with Crippen molar-refractivity contribution in [2.24, 2.45) is 0 Å². The van der Waals surface area contributed by atoms with Crippen LogP contribution < -0.4 is 20.1 Å². The fraction of sp³-hybridized carbons (Fsp3) is 0.235. The summed E-state index contributed by atoms with van der Waals surface area (Å²) in [6, 6.07) is 14.4. The van der Waals surface area contributed by atoms with Gasteiger partial charge in [-0.25, -0.2) is 4.79 Å². The van der Waals surface area contributed by atoms with Gasteiger partial charge in [0.25, 0.3) is 0 Å². The topological polar surface area (TPSA) is 59.6 Å². The van der Waals surface area contributed by atoms with E-state index in [0.717, 1.165) is 17.7 Å². The van der Waals surface area contributed by atoms with Crippen molar-refractivity contribution < 1.29 is 14.3 Å². The number of methoxy groups -OCH3 is 1. The molecule has 0 radical (unpaired) electrons. The highest BCUT2D eigenvalue weighted by atomic mass is 35.5. The van der Waals surface area contributed by atoms with Crippen molar-refractivity contribution in [3.63, 3.8) is 0 Å². The van der Waals surface area contributed by atoms with E-state index < -0.39 is 0 Å². The Balaban J connectivity index is 1.64. The van der Waals surface area contributed by atoms with E-state index in [0.29, 0.717) is 17.3 Å². The molecule has 0 unspecified atom stereocenters. The number of benzene rings is 2. The highest BCUT2D eigenvalue weighted by Crippen LogP contribution is 2.15. The smallest absolute Gasteiger partial charge is 0.317 e. The summed E-state index contributed by atoms with van der Waals surface area (Å²) in [5.74, 6) is 1.45. The highest BCUT2D eigenvalue weighted by Gasteiger charge is 2.01. The molecule has 0 bridgehead atoms.